The molecular weight excluding hydrogens is 322 g/mol. The molecule has 0 aromatic carbocycles. The Hall–Kier alpha value is -1.30. The molecule has 0 bridgehead atoms. The van der Waals surface area contributed by atoms with E-state index in [1.54, 1.807) is 6.21 Å². The van der Waals surface area contributed by atoms with Crippen LogP contribution < -0.4 is 0 Å². The van der Waals surface area contributed by atoms with Gasteiger partial charge in [0.05, 0.1) is 10.6 Å². The molecular formula is C14H16BrN3O2. The predicted molar refractivity (Wildman–Crippen MR) is 81.6 cm³/mol. The molecule has 2 aliphatic carbocycles. The zero-order valence-electron chi connectivity index (χ0n) is 11.9. The van der Waals surface area contributed by atoms with Gasteiger partial charge < -0.3 is 0 Å². The third-order valence-electron chi connectivity index (χ3n) is 4.36. The second-order valence-corrected chi connectivity index (χ2v) is 7.67. The Kier molecular flexibility index (Phi) is 2.65. The van der Waals surface area contributed by atoms with Gasteiger partial charge in [0.25, 0.3) is 5.70 Å². The van der Waals surface area contributed by atoms with Gasteiger partial charge >= 0.3 is 0 Å². The summed E-state index contributed by atoms with van der Waals surface area (Å²) in [4.78, 5) is 11.4. The van der Waals surface area contributed by atoms with E-state index in [9.17, 15) is 10.1 Å². The molecule has 0 saturated heterocycles. The number of hydrogen-bond acceptors (Lipinski definition) is 4. The van der Waals surface area contributed by atoms with E-state index >= 15 is 0 Å². The fourth-order valence-electron chi connectivity index (χ4n) is 4.00. The van der Waals surface area contributed by atoms with E-state index in [0.29, 0.717) is 5.71 Å². The average molecular weight is 338 g/mol. The number of allylic oxidation sites excluding steroid dienone is 4. The fraction of sp³-hybridized carbons (Fsp3) is 0.571. The summed E-state index contributed by atoms with van der Waals surface area (Å²) < 4.78 is 0.885. The summed E-state index contributed by atoms with van der Waals surface area (Å²) >= 11 is 3.62. The van der Waals surface area contributed by atoms with Gasteiger partial charge in [0, 0.05) is 16.3 Å². The lowest BCUT2D eigenvalue weighted by atomic mass is 9.78. The van der Waals surface area contributed by atoms with Crippen molar-refractivity contribution in [2.45, 2.75) is 34.1 Å². The minimum atomic E-state index is -0.425. The lowest BCUT2D eigenvalue weighted by Crippen LogP contribution is -2.30. The largest absolute Gasteiger partial charge is 0.264 e. The van der Waals surface area contributed by atoms with Crippen LogP contribution in [0.5, 0.6) is 0 Å². The van der Waals surface area contributed by atoms with Crippen LogP contribution in [0.4, 0.5) is 0 Å². The molecule has 1 atom stereocenters. The van der Waals surface area contributed by atoms with Crippen molar-refractivity contribution >= 4 is 27.9 Å². The van der Waals surface area contributed by atoms with Crippen molar-refractivity contribution in [1.82, 2.24) is 0 Å². The highest BCUT2D eigenvalue weighted by Gasteiger charge is 2.55. The van der Waals surface area contributed by atoms with E-state index in [1.165, 1.54) is 0 Å². The van der Waals surface area contributed by atoms with Gasteiger partial charge in [-0.05, 0) is 38.8 Å². The van der Waals surface area contributed by atoms with Crippen molar-refractivity contribution in [3.05, 3.63) is 31.4 Å². The zero-order chi connectivity index (χ0) is 14.9. The summed E-state index contributed by atoms with van der Waals surface area (Å²) in [6.07, 6.45) is 2.45. The third-order valence-corrected chi connectivity index (χ3v) is 5.16. The first-order chi connectivity index (χ1) is 9.17. The van der Waals surface area contributed by atoms with Crippen molar-refractivity contribution in [2.24, 2.45) is 27.0 Å². The topological polar surface area (TPSA) is 67.9 Å². The normalized spacial score (nSPS) is 29.4. The molecule has 0 aromatic heterocycles. The molecule has 20 heavy (non-hydrogen) atoms. The molecule has 1 saturated carbocycles. The Bertz CT molecular complexity index is 653. The average Bonchev–Trinajstić information content (AvgIpc) is 2.80. The van der Waals surface area contributed by atoms with Gasteiger partial charge in [-0.15, -0.1) is 0 Å². The molecule has 0 unspecified atom stereocenters. The quantitative estimate of drug-likeness (QED) is 0.540. The Balaban J connectivity index is 2.39. The number of nitrogens with zero attached hydrogens (tertiary/aromatic N) is 3. The van der Waals surface area contributed by atoms with Gasteiger partial charge in [-0.1, -0.05) is 27.7 Å². The summed E-state index contributed by atoms with van der Waals surface area (Å²) in [5, 5.41) is 19.6. The Morgan fingerprint density at radius 2 is 1.90 bits per heavy atom. The van der Waals surface area contributed by atoms with E-state index in [2.05, 4.69) is 53.8 Å². The van der Waals surface area contributed by atoms with E-state index in [4.69, 9.17) is 0 Å². The predicted octanol–water partition coefficient (Wildman–Crippen LogP) is 3.69. The van der Waals surface area contributed by atoms with Crippen LogP contribution in [0.15, 0.2) is 31.5 Å². The van der Waals surface area contributed by atoms with Gasteiger partial charge in [-0.2, -0.15) is 10.2 Å². The highest BCUT2D eigenvalue weighted by Crippen LogP contribution is 2.61. The summed E-state index contributed by atoms with van der Waals surface area (Å²) in [5.41, 5.74) is 2.46. The monoisotopic (exact) mass is 337 g/mol. The first-order valence-electron chi connectivity index (χ1n) is 6.58. The Morgan fingerprint density at radius 1 is 1.30 bits per heavy atom. The number of halogens is 1. The van der Waals surface area contributed by atoms with Crippen LogP contribution in [-0.4, -0.2) is 16.8 Å². The minimum Gasteiger partial charge on any atom is -0.259 e. The summed E-state index contributed by atoms with van der Waals surface area (Å²) in [6.45, 7) is 8.42. The van der Waals surface area contributed by atoms with Crippen molar-refractivity contribution in [3.8, 4) is 0 Å². The number of hydrogen-bond donors (Lipinski definition) is 0. The van der Waals surface area contributed by atoms with Crippen molar-refractivity contribution < 1.29 is 4.92 Å². The van der Waals surface area contributed by atoms with Gasteiger partial charge in [-0.3, -0.25) is 10.1 Å². The Morgan fingerprint density at radius 3 is 2.50 bits per heavy atom. The first-order valence-corrected chi connectivity index (χ1v) is 7.37. The summed E-state index contributed by atoms with van der Waals surface area (Å²) in [7, 11) is 0. The third kappa shape index (κ3) is 1.60. The van der Waals surface area contributed by atoms with Crippen LogP contribution in [0.2, 0.25) is 0 Å². The van der Waals surface area contributed by atoms with E-state index in [0.717, 1.165) is 22.0 Å². The number of fused-ring (bicyclic) bond motifs is 2. The molecule has 5 nitrogen and oxygen atoms in total. The highest BCUT2D eigenvalue weighted by atomic mass is 79.9. The lowest BCUT2D eigenvalue weighted by Gasteiger charge is -2.27. The molecule has 3 aliphatic rings. The van der Waals surface area contributed by atoms with Gasteiger partial charge in [0.15, 0.2) is 0 Å². The first kappa shape index (κ1) is 13.7. The molecule has 0 radical (unpaired) electrons. The van der Waals surface area contributed by atoms with Crippen molar-refractivity contribution in [1.29, 1.82) is 0 Å². The van der Waals surface area contributed by atoms with Crippen LogP contribution in [0.25, 0.3) is 0 Å². The van der Waals surface area contributed by atoms with Crippen molar-refractivity contribution in [3.63, 3.8) is 0 Å². The van der Waals surface area contributed by atoms with E-state index in [1.807, 2.05) is 0 Å². The molecule has 0 amide bonds. The van der Waals surface area contributed by atoms with Crippen LogP contribution >= 0.6 is 15.9 Å². The molecule has 1 aliphatic heterocycles. The Labute approximate surface area is 125 Å². The lowest BCUT2D eigenvalue weighted by molar-refractivity contribution is -0.430. The maximum Gasteiger partial charge on any atom is 0.264 e. The number of rotatable bonds is 1. The SMILES string of the molecule is CC1(C)CC(C)(C)C2=C([N+](=O)[O-])[C@H]3C=NN=C3C(Br)=C21. The molecule has 0 aromatic rings. The van der Waals surface area contributed by atoms with E-state index in [-0.39, 0.29) is 21.5 Å². The van der Waals surface area contributed by atoms with Crippen LogP contribution in [0.1, 0.15) is 34.1 Å². The maximum absolute atomic E-state index is 11.6. The van der Waals surface area contributed by atoms with Crippen LogP contribution in [0, 0.1) is 26.9 Å². The molecule has 1 fully saturated rings. The zero-order valence-corrected chi connectivity index (χ0v) is 13.5. The molecule has 0 N–H and O–H groups in total. The van der Waals surface area contributed by atoms with Crippen LogP contribution in [-0.2, 0) is 0 Å². The van der Waals surface area contributed by atoms with E-state index < -0.39 is 5.92 Å². The standard InChI is InChI=1S/C14H16BrN3O2/c1-13(2)6-14(3,4)9-8(13)10(15)11-7(5-16-17-11)12(9)18(19)20/h5,7H,6H2,1-4H3/t7-/m0/s1. The second kappa shape index (κ2) is 3.87. The smallest absolute Gasteiger partial charge is 0.259 e. The van der Waals surface area contributed by atoms with Gasteiger partial charge in [-0.25, -0.2) is 0 Å². The van der Waals surface area contributed by atoms with Crippen molar-refractivity contribution in [2.75, 3.05) is 0 Å². The molecule has 6 heteroatoms. The molecule has 3 rings (SSSR count). The minimum absolute atomic E-state index is 0.116. The molecule has 0 spiro atoms. The number of nitro groups is 1. The fourth-order valence-corrected chi connectivity index (χ4v) is 5.06. The second-order valence-electron chi connectivity index (χ2n) is 6.88. The van der Waals surface area contributed by atoms with Crippen LogP contribution in [0.3, 0.4) is 0 Å². The highest BCUT2D eigenvalue weighted by molar-refractivity contribution is 9.12. The van der Waals surface area contributed by atoms with Gasteiger partial charge in [0.1, 0.15) is 5.92 Å². The summed E-state index contributed by atoms with van der Waals surface area (Å²) in [5.74, 6) is -0.425. The summed E-state index contributed by atoms with van der Waals surface area (Å²) in [6, 6.07) is 0. The molecule has 106 valence electrons. The van der Waals surface area contributed by atoms with Gasteiger partial charge in [0.2, 0.25) is 0 Å². The maximum atomic E-state index is 11.6. The molecule has 1 heterocycles.